The molecule has 0 spiro atoms. The number of hydrogen-bond acceptors (Lipinski definition) is 5. The van der Waals surface area contributed by atoms with Gasteiger partial charge < -0.3 is 14.8 Å². The van der Waals surface area contributed by atoms with Gasteiger partial charge in [0.15, 0.2) is 0 Å². The number of halogens is 4. The van der Waals surface area contributed by atoms with Crippen molar-refractivity contribution in [3.8, 4) is 5.75 Å². The van der Waals surface area contributed by atoms with Crippen molar-refractivity contribution in [2.75, 3.05) is 13.2 Å². The molecule has 6 nitrogen and oxygen atoms in total. The van der Waals surface area contributed by atoms with Crippen molar-refractivity contribution in [2.24, 2.45) is 0 Å². The van der Waals surface area contributed by atoms with Crippen LogP contribution in [0.25, 0.3) is 5.57 Å². The fourth-order valence-electron chi connectivity index (χ4n) is 4.71. The molecule has 2 aromatic carbocycles. The van der Waals surface area contributed by atoms with Gasteiger partial charge in [-0.1, -0.05) is 36.4 Å². The minimum Gasteiger partial charge on any atom is -0.488 e. The number of benzene rings is 2. The quantitative estimate of drug-likeness (QED) is 0.314. The Morgan fingerprint density at radius 2 is 1.80 bits per heavy atom. The number of hydrogen-bond donors (Lipinski definition) is 1. The van der Waals surface area contributed by atoms with E-state index in [0.717, 1.165) is 11.1 Å². The van der Waals surface area contributed by atoms with Crippen LogP contribution in [0.5, 0.6) is 5.75 Å². The highest BCUT2D eigenvalue weighted by atomic mass is 19.4. The van der Waals surface area contributed by atoms with Gasteiger partial charge in [-0.2, -0.15) is 13.2 Å². The molecule has 2 heterocycles. The Bertz CT molecular complexity index is 1470. The van der Waals surface area contributed by atoms with Gasteiger partial charge in [0.2, 0.25) is 0 Å². The summed E-state index contributed by atoms with van der Waals surface area (Å²) in [4.78, 5) is 29.3. The van der Waals surface area contributed by atoms with Crippen LogP contribution in [0.15, 0.2) is 66.9 Å². The zero-order valence-corrected chi connectivity index (χ0v) is 22.1. The van der Waals surface area contributed by atoms with Gasteiger partial charge in [-0.25, -0.2) is 4.39 Å². The minimum atomic E-state index is -4.55. The average molecular weight is 569 g/mol. The molecular weight excluding hydrogens is 540 g/mol. The summed E-state index contributed by atoms with van der Waals surface area (Å²) in [6.45, 7) is 1.18. The summed E-state index contributed by atoms with van der Waals surface area (Å²) in [6, 6.07) is 15.2. The first kappa shape index (κ1) is 28.5. The fourth-order valence-corrected chi connectivity index (χ4v) is 4.71. The second kappa shape index (κ2) is 11.8. The molecule has 3 aromatic rings. The SMILES string of the molecule is O=C(Cc1ccnc(C(=O)NC2(C(F)(F)F)CC2)c1)Cc1cc(OCc2ccccc2)c(C2=CCOCC2)cc1F. The molecule has 0 saturated heterocycles. The van der Waals surface area contributed by atoms with E-state index in [2.05, 4.69) is 4.98 Å². The van der Waals surface area contributed by atoms with Crippen molar-refractivity contribution >= 4 is 17.3 Å². The number of Topliss-reactive ketones (excluding diaryl/α,β-unsaturated/α-hetero) is 1. The Kier molecular flexibility index (Phi) is 8.21. The Morgan fingerprint density at radius 3 is 2.49 bits per heavy atom. The number of alkyl halides is 3. The molecule has 1 aromatic heterocycles. The first-order chi connectivity index (χ1) is 19.6. The highest BCUT2D eigenvalue weighted by Crippen LogP contribution is 2.49. The number of nitrogens with one attached hydrogen (secondary N) is 1. The molecule has 1 fully saturated rings. The van der Waals surface area contributed by atoms with Crippen molar-refractivity contribution in [3.05, 3.63) is 101 Å². The van der Waals surface area contributed by atoms with Gasteiger partial charge in [-0.15, -0.1) is 0 Å². The number of amides is 1. The van der Waals surface area contributed by atoms with Crippen molar-refractivity contribution in [1.82, 2.24) is 10.3 Å². The lowest BCUT2D eigenvalue weighted by molar-refractivity contribution is -0.163. The lowest BCUT2D eigenvalue weighted by Crippen LogP contribution is -2.48. The van der Waals surface area contributed by atoms with E-state index in [9.17, 15) is 22.8 Å². The predicted octanol–water partition coefficient (Wildman–Crippen LogP) is 5.78. The lowest BCUT2D eigenvalue weighted by atomic mass is 9.96. The zero-order chi connectivity index (χ0) is 29.0. The number of nitrogens with zero attached hydrogens (tertiary/aromatic N) is 1. The number of ether oxygens (including phenoxy) is 2. The molecular formula is C31H28F4N2O4. The molecule has 10 heteroatoms. The maximum Gasteiger partial charge on any atom is 0.411 e. The third-order valence-electron chi connectivity index (χ3n) is 7.19. The highest BCUT2D eigenvalue weighted by Gasteiger charge is 2.64. The largest absolute Gasteiger partial charge is 0.488 e. The van der Waals surface area contributed by atoms with Crippen molar-refractivity contribution in [1.29, 1.82) is 0 Å². The summed E-state index contributed by atoms with van der Waals surface area (Å²) in [5.74, 6) is -1.40. The number of aromatic nitrogens is 1. The number of carbonyl (C=O) groups excluding carboxylic acids is 2. The molecule has 5 rings (SSSR count). The molecule has 1 amide bonds. The fraction of sp³-hybridized carbons (Fsp3) is 0.323. The second-order valence-electron chi connectivity index (χ2n) is 10.2. The first-order valence-corrected chi connectivity index (χ1v) is 13.3. The van der Waals surface area contributed by atoms with E-state index in [1.165, 1.54) is 24.4 Å². The summed E-state index contributed by atoms with van der Waals surface area (Å²) >= 11 is 0. The van der Waals surface area contributed by atoms with Gasteiger partial charge in [0.1, 0.15) is 35.2 Å². The van der Waals surface area contributed by atoms with Crippen LogP contribution in [0, 0.1) is 5.82 Å². The molecule has 0 radical (unpaired) electrons. The van der Waals surface area contributed by atoms with E-state index < -0.39 is 23.4 Å². The topological polar surface area (TPSA) is 77.5 Å². The van der Waals surface area contributed by atoms with Crippen molar-refractivity contribution in [2.45, 2.75) is 50.4 Å². The van der Waals surface area contributed by atoms with E-state index in [1.54, 1.807) is 6.07 Å². The van der Waals surface area contributed by atoms with Crippen LogP contribution >= 0.6 is 0 Å². The summed E-state index contributed by atoms with van der Waals surface area (Å²) < 4.78 is 66.4. The Hall–Kier alpha value is -4.05. The maximum atomic E-state index is 15.3. The summed E-state index contributed by atoms with van der Waals surface area (Å²) in [7, 11) is 0. The Balaban J connectivity index is 1.30. The van der Waals surface area contributed by atoms with Crippen LogP contribution in [0.1, 0.15) is 52.0 Å². The van der Waals surface area contributed by atoms with Gasteiger partial charge in [-0.3, -0.25) is 14.6 Å². The van der Waals surface area contributed by atoms with Crippen LogP contribution in [-0.2, 0) is 29.0 Å². The van der Waals surface area contributed by atoms with E-state index in [1.807, 2.05) is 41.7 Å². The maximum absolute atomic E-state index is 15.3. The molecule has 0 atom stereocenters. The molecule has 1 N–H and O–H groups in total. The van der Waals surface area contributed by atoms with Crippen LogP contribution in [-0.4, -0.2) is 41.6 Å². The Labute approximate surface area is 234 Å². The molecule has 1 aliphatic heterocycles. The van der Waals surface area contributed by atoms with E-state index in [0.29, 0.717) is 36.5 Å². The first-order valence-electron chi connectivity index (χ1n) is 13.3. The Morgan fingerprint density at radius 1 is 1.02 bits per heavy atom. The van der Waals surface area contributed by atoms with E-state index >= 15 is 4.39 Å². The normalized spacial score (nSPS) is 16.0. The summed E-state index contributed by atoms with van der Waals surface area (Å²) in [5.41, 5.74) is 0.540. The number of rotatable bonds is 10. The smallest absolute Gasteiger partial charge is 0.411 e. The third kappa shape index (κ3) is 6.82. The summed E-state index contributed by atoms with van der Waals surface area (Å²) in [5, 5.41) is 2.03. The standard InChI is InChI=1S/C31H28F4N2O4/c32-26-18-25(22-7-12-40-13-8-22)28(41-19-20-4-2-1-3-5-20)17-23(26)16-24(38)14-21-6-11-36-27(15-21)29(39)37-30(9-10-30)31(33,34)35/h1-7,11,15,17-18H,8-10,12-14,16,19H2,(H,37,39). The molecule has 1 saturated carbocycles. The van der Waals surface area contributed by atoms with Crippen molar-refractivity contribution < 1.29 is 36.6 Å². The number of pyridine rings is 1. The highest BCUT2D eigenvalue weighted by molar-refractivity contribution is 5.93. The van der Waals surface area contributed by atoms with Crippen molar-refractivity contribution in [3.63, 3.8) is 0 Å². The number of carbonyl (C=O) groups is 2. The van der Waals surface area contributed by atoms with Gasteiger partial charge in [-0.05, 0) is 65.8 Å². The molecule has 41 heavy (non-hydrogen) atoms. The molecule has 1 aliphatic carbocycles. The molecule has 0 bridgehead atoms. The lowest BCUT2D eigenvalue weighted by Gasteiger charge is -2.20. The third-order valence-corrected chi connectivity index (χ3v) is 7.19. The average Bonchev–Trinajstić information content (AvgIpc) is 3.75. The van der Waals surface area contributed by atoms with Gasteiger partial charge in [0, 0.05) is 24.6 Å². The van der Waals surface area contributed by atoms with Gasteiger partial charge >= 0.3 is 6.18 Å². The molecule has 0 unspecified atom stereocenters. The molecule has 214 valence electrons. The van der Waals surface area contributed by atoms with Crippen LogP contribution in [0.2, 0.25) is 0 Å². The second-order valence-corrected chi connectivity index (χ2v) is 10.2. The monoisotopic (exact) mass is 568 g/mol. The van der Waals surface area contributed by atoms with Gasteiger partial charge in [0.05, 0.1) is 13.2 Å². The summed E-state index contributed by atoms with van der Waals surface area (Å²) in [6.07, 6.45) is -1.58. The van der Waals surface area contributed by atoms with E-state index in [-0.39, 0.29) is 49.3 Å². The van der Waals surface area contributed by atoms with E-state index in [4.69, 9.17) is 9.47 Å². The zero-order valence-electron chi connectivity index (χ0n) is 22.1. The van der Waals surface area contributed by atoms with Crippen LogP contribution < -0.4 is 10.1 Å². The van der Waals surface area contributed by atoms with Crippen LogP contribution in [0.3, 0.4) is 0 Å². The predicted molar refractivity (Wildman–Crippen MR) is 143 cm³/mol. The number of ketones is 1. The minimum absolute atomic E-state index is 0.155. The van der Waals surface area contributed by atoms with Gasteiger partial charge in [0.25, 0.3) is 5.91 Å². The van der Waals surface area contributed by atoms with Crippen LogP contribution in [0.4, 0.5) is 17.6 Å². The molecule has 2 aliphatic rings.